The zero-order valence-electron chi connectivity index (χ0n) is 21.4. The van der Waals surface area contributed by atoms with E-state index in [0.717, 1.165) is 35.1 Å². The van der Waals surface area contributed by atoms with Crippen LogP contribution in [0.4, 0.5) is 17.1 Å². The standard InChI is InChI=1S/C32H30N4O/c1-32(2,24-11-5-4-6-12-24)25-21-33-36(22-25)27-14-10-16-29(20-27)37-28-15-9-13-26(19-28)35-23-34(3)30-17-7-8-18-31(30)35/h4-22H,23H2,1-3H3. The molecule has 0 bridgehead atoms. The second-order valence-electron chi connectivity index (χ2n) is 10.0. The highest BCUT2D eigenvalue weighted by Crippen LogP contribution is 2.40. The van der Waals surface area contributed by atoms with Gasteiger partial charge in [0, 0.05) is 42.0 Å². The van der Waals surface area contributed by atoms with Gasteiger partial charge < -0.3 is 14.5 Å². The van der Waals surface area contributed by atoms with E-state index < -0.39 is 0 Å². The zero-order chi connectivity index (χ0) is 25.4. The Morgan fingerprint density at radius 3 is 2.11 bits per heavy atom. The summed E-state index contributed by atoms with van der Waals surface area (Å²) < 4.78 is 8.23. The van der Waals surface area contributed by atoms with Gasteiger partial charge >= 0.3 is 0 Å². The minimum Gasteiger partial charge on any atom is -0.457 e. The first-order valence-corrected chi connectivity index (χ1v) is 12.6. The van der Waals surface area contributed by atoms with Crippen LogP contribution in [0.2, 0.25) is 0 Å². The molecule has 0 atom stereocenters. The van der Waals surface area contributed by atoms with Crippen molar-refractivity contribution in [2.75, 3.05) is 23.5 Å². The number of benzene rings is 4. The highest BCUT2D eigenvalue weighted by Gasteiger charge is 2.25. The van der Waals surface area contributed by atoms with Gasteiger partial charge in [0.1, 0.15) is 11.5 Å². The number of rotatable bonds is 6. The van der Waals surface area contributed by atoms with Crippen molar-refractivity contribution in [1.82, 2.24) is 9.78 Å². The Morgan fingerprint density at radius 1 is 0.703 bits per heavy atom. The summed E-state index contributed by atoms with van der Waals surface area (Å²) in [5.41, 5.74) is 6.78. The summed E-state index contributed by atoms with van der Waals surface area (Å²) in [6.07, 6.45) is 4.06. The minimum atomic E-state index is -0.143. The van der Waals surface area contributed by atoms with Crippen LogP contribution in [0.1, 0.15) is 25.0 Å². The molecule has 6 rings (SSSR count). The van der Waals surface area contributed by atoms with Gasteiger partial charge in [-0.2, -0.15) is 5.10 Å². The number of hydrogen-bond donors (Lipinski definition) is 0. The first-order valence-electron chi connectivity index (χ1n) is 12.6. The molecule has 0 N–H and O–H groups in total. The number of hydrogen-bond acceptors (Lipinski definition) is 4. The van der Waals surface area contributed by atoms with Gasteiger partial charge in [-0.25, -0.2) is 4.68 Å². The lowest BCUT2D eigenvalue weighted by Crippen LogP contribution is -2.23. The van der Waals surface area contributed by atoms with Gasteiger partial charge in [-0.1, -0.05) is 68.4 Å². The predicted molar refractivity (Wildman–Crippen MR) is 151 cm³/mol. The number of aromatic nitrogens is 2. The molecular weight excluding hydrogens is 456 g/mol. The Balaban J connectivity index is 1.24. The maximum atomic E-state index is 6.32. The smallest absolute Gasteiger partial charge is 0.129 e. The molecule has 0 saturated carbocycles. The van der Waals surface area contributed by atoms with E-state index in [1.54, 1.807) is 0 Å². The van der Waals surface area contributed by atoms with Crippen molar-refractivity contribution in [2.45, 2.75) is 19.3 Å². The first-order chi connectivity index (χ1) is 18.0. The van der Waals surface area contributed by atoms with Gasteiger partial charge in [0.05, 0.1) is 29.9 Å². The summed E-state index contributed by atoms with van der Waals surface area (Å²) >= 11 is 0. The summed E-state index contributed by atoms with van der Waals surface area (Å²) in [7, 11) is 2.12. The number of nitrogens with zero attached hydrogens (tertiary/aromatic N) is 4. The van der Waals surface area contributed by atoms with E-state index in [0.29, 0.717) is 0 Å². The van der Waals surface area contributed by atoms with E-state index in [1.807, 2.05) is 53.3 Å². The molecule has 0 fully saturated rings. The molecule has 0 amide bonds. The van der Waals surface area contributed by atoms with Gasteiger partial charge in [0.25, 0.3) is 0 Å². The Kier molecular flexibility index (Phi) is 5.68. The quantitative estimate of drug-likeness (QED) is 0.248. The van der Waals surface area contributed by atoms with Crippen molar-refractivity contribution < 1.29 is 4.74 Å². The highest BCUT2D eigenvalue weighted by molar-refractivity contribution is 5.82. The lowest BCUT2D eigenvalue weighted by atomic mass is 9.80. The van der Waals surface area contributed by atoms with Crippen LogP contribution in [-0.4, -0.2) is 23.5 Å². The molecule has 184 valence electrons. The van der Waals surface area contributed by atoms with Crippen LogP contribution < -0.4 is 14.5 Å². The van der Waals surface area contributed by atoms with Crippen LogP contribution in [0.3, 0.4) is 0 Å². The van der Waals surface area contributed by atoms with Gasteiger partial charge in [-0.15, -0.1) is 0 Å². The molecule has 0 unspecified atom stereocenters. The number of anilines is 3. The fourth-order valence-corrected chi connectivity index (χ4v) is 4.95. The molecule has 5 heteroatoms. The third-order valence-electron chi connectivity index (χ3n) is 7.18. The van der Waals surface area contributed by atoms with Crippen molar-refractivity contribution in [2.24, 2.45) is 0 Å². The molecular formula is C32H30N4O. The molecule has 1 aliphatic rings. The Bertz CT molecular complexity index is 1540. The molecule has 1 aliphatic heterocycles. The number of fused-ring (bicyclic) bond motifs is 1. The van der Waals surface area contributed by atoms with Crippen LogP contribution in [0.5, 0.6) is 11.5 Å². The van der Waals surface area contributed by atoms with Crippen molar-refractivity contribution in [3.05, 3.63) is 127 Å². The SMILES string of the molecule is CN1CN(c2cccc(Oc3cccc(-n4cc(C(C)(C)c5ccccc5)cn4)c3)c2)c2ccccc21. The van der Waals surface area contributed by atoms with E-state index in [-0.39, 0.29) is 5.41 Å². The van der Waals surface area contributed by atoms with E-state index in [4.69, 9.17) is 4.74 Å². The zero-order valence-corrected chi connectivity index (χ0v) is 21.4. The maximum Gasteiger partial charge on any atom is 0.129 e. The molecule has 5 aromatic rings. The maximum absolute atomic E-state index is 6.32. The molecule has 5 nitrogen and oxygen atoms in total. The van der Waals surface area contributed by atoms with Crippen molar-refractivity contribution in [1.29, 1.82) is 0 Å². The number of para-hydroxylation sites is 2. The van der Waals surface area contributed by atoms with Crippen molar-refractivity contribution >= 4 is 17.1 Å². The summed E-state index contributed by atoms with van der Waals surface area (Å²) in [5.74, 6) is 1.57. The summed E-state index contributed by atoms with van der Waals surface area (Å²) in [5, 5.41) is 4.67. The lowest BCUT2D eigenvalue weighted by Gasteiger charge is -2.23. The van der Waals surface area contributed by atoms with Crippen LogP contribution in [0.15, 0.2) is 116 Å². The third kappa shape index (κ3) is 4.33. The number of ether oxygens (including phenoxy) is 1. The molecule has 0 spiro atoms. The van der Waals surface area contributed by atoms with Crippen LogP contribution in [-0.2, 0) is 5.41 Å². The molecule has 1 aromatic heterocycles. The molecule has 0 saturated heterocycles. The lowest BCUT2D eigenvalue weighted by molar-refractivity contribution is 0.482. The molecule has 4 aromatic carbocycles. The van der Waals surface area contributed by atoms with Gasteiger partial charge in [-0.05, 0) is 42.0 Å². The molecule has 2 heterocycles. The van der Waals surface area contributed by atoms with E-state index in [1.165, 1.54) is 16.9 Å². The normalized spacial score (nSPS) is 13.1. The molecule has 0 aliphatic carbocycles. The summed E-state index contributed by atoms with van der Waals surface area (Å²) in [6, 6.07) is 35.3. The largest absolute Gasteiger partial charge is 0.457 e. The van der Waals surface area contributed by atoms with E-state index in [9.17, 15) is 0 Å². The Labute approximate surface area is 218 Å². The van der Waals surface area contributed by atoms with Crippen LogP contribution >= 0.6 is 0 Å². The van der Waals surface area contributed by atoms with Gasteiger partial charge in [0.2, 0.25) is 0 Å². The predicted octanol–water partition coefficient (Wildman–Crippen LogP) is 7.54. The van der Waals surface area contributed by atoms with E-state index in [2.05, 4.69) is 103 Å². The summed E-state index contributed by atoms with van der Waals surface area (Å²) in [4.78, 5) is 4.56. The van der Waals surface area contributed by atoms with Crippen molar-refractivity contribution in [3.8, 4) is 17.2 Å². The Hall–Kier alpha value is -4.51. The van der Waals surface area contributed by atoms with Crippen molar-refractivity contribution in [3.63, 3.8) is 0 Å². The van der Waals surface area contributed by atoms with Crippen LogP contribution in [0, 0.1) is 0 Å². The van der Waals surface area contributed by atoms with E-state index >= 15 is 0 Å². The minimum absolute atomic E-state index is 0.143. The topological polar surface area (TPSA) is 33.5 Å². The van der Waals surface area contributed by atoms with Gasteiger partial charge in [-0.3, -0.25) is 0 Å². The monoisotopic (exact) mass is 486 g/mol. The highest BCUT2D eigenvalue weighted by atomic mass is 16.5. The average molecular weight is 487 g/mol. The fourth-order valence-electron chi connectivity index (χ4n) is 4.95. The molecule has 0 radical (unpaired) electrons. The summed E-state index contributed by atoms with van der Waals surface area (Å²) in [6.45, 7) is 5.26. The Morgan fingerprint density at radius 2 is 1.35 bits per heavy atom. The second-order valence-corrected chi connectivity index (χ2v) is 10.0. The van der Waals surface area contributed by atoms with Crippen LogP contribution in [0.25, 0.3) is 5.69 Å². The van der Waals surface area contributed by atoms with Gasteiger partial charge in [0.15, 0.2) is 0 Å². The fraction of sp³-hybridized carbons (Fsp3) is 0.156. The average Bonchev–Trinajstić information content (AvgIpc) is 3.56. The second kappa shape index (κ2) is 9.17. The third-order valence-corrected chi connectivity index (χ3v) is 7.18. The first kappa shape index (κ1) is 22.9. The molecule has 37 heavy (non-hydrogen) atoms.